The van der Waals surface area contributed by atoms with E-state index in [4.69, 9.17) is 4.74 Å². The summed E-state index contributed by atoms with van der Waals surface area (Å²) >= 11 is 1.04. The summed E-state index contributed by atoms with van der Waals surface area (Å²) in [6.07, 6.45) is 1.40. The summed E-state index contributed by atoms with van der Waals surface area (Å²) in [4.78, 5) is 14.0. The number of likely N-dealkylation sites (N-methyl/N-ethyl adjacent to an activating group) is 1. The van der Waals surface area contributed by atoms with E-state index in [1.165, 1.54) is 0 Å². The first-order chi connectivity index (χ1) is 9.63. The lowest BCUT2D eigenvalue weighted by Gasteiger charge is -2.10. The second kappa shape index (κ2) is 6.58. The maximum Gasteiger partial charge on any atom is 0.307 e. The Morgan fingerprint density at radius 3 is 2.85 bits per heavy atom. The number of benzene rings is 1. The molecular weight excluding hydrogens is 276 g/mol. The summed E-state index contributed by atoms with van der Waals surface area (Å²) in [6, 6.07) is 5.93. The minimum Gasteiger partial charge on any atom is -0.496 e. The van der Waals surface area contributed by atoms with Crippen LogP contribution in [0.4, 0.5) is 0 Å². The van der Waals surface area contributed by atoms with Crippen LogP contribution in [0.25, 0.3) is 0 Å². The van der Waals surface area contributed by atoms with Crippen LogP contribution < -0.4 is 14.9 Å². The molecule has 0 radical (unpaired) electrons. The maximum absolute atomic E-state index is 11.2. The standard InChI is InChI=1S/C14H18N2O3S/c1-15-6-5-10-7-9(3-4-11(10)19-2)8-12-13(17)16-14(18)20-12/h3-4,7,15,17H,5-6,8H2,1-2H3,(H,16,18). The molecule has 0 atom stereocenters. The van der Waals surface area contributed by atoms with E-state index in [1.54, 1.807) is 7.11 Å². The number of ether oxygens (including phenoxy) is 1. The van der Waals surface area contributed by atoms with Crippen LogP contribution in [-0.2, 0) is 12.8 Å². The number of aromatic amines is 1. The average Bonchev–Trinajstić information content (AvgIpc) is 2.75. The molecule has 20 heavy (non-hydrogen) atoms. The number of H-pyrrole nitrogens is 1. The van der Waals surface area contributed by atoms with Crippen molar-refractivity contribution in [2.24, 2.45) is 0 Å². The summed E-state index contributed by atoms with van der Waals surface area (Å²) in [5.74, 6) is 0.822. The molecule has 0 fully saturated rings. The zero-order valence-electron chi connectivity index (χ0n) is 11.5. The minimum atomic E-state index is -0.235. The molecule has 1 aromatic heterocycles. The van der Waals surface area contributed by atoms with Gasteiger partial charge < -0.3 is 15.2 Å². The molecule has 0 spiro atoms. The molecule has 0 unspecified atom stereocenters. The van der Waals surface area contributed by atoms with Crippen LogP contribution >= 0.6 is 11.3 Å². The third-order valence-electron chi connectivity index (χ3n) is 3.05. The van der Waals surface area contributed by atoms with Gasteiger partial charge in [0.25, 0.3) is 0 Å². The Hall–Kier alpha value is -1.79. The smallest absolute Gasteiger partial charge is 0.307 e. The number of rotatable bonds is 6. The normalized spacial score (nSPS) is 10.7. The van der Waals surface area contributed by atoms with Crippen molar-refractivity contribution in [1.82, 2.24) is 10.3 Å². The Balaban J connectivity index is 2.24. The van der Waals surface area contributed by atoms with Gasteiger partial charge in [-0.3, -0.25) is 9.78 Å². The van der Waals surface area contributed by atoms with Crippen LogP contribution in [0.15, 0.2) is 23.0 Å². The number of aromatic nitrogens is 1. The van der Waals surface area contributed by atoms with Gasteiger partial charge in [0.1, 0.15) is 5.75 Å². The first kappa shape index (κ1) is 14.6. The predicted octanol–water partition coefficient (Wildman–Crippen LogP) is 1.50. The van der Waals surface area contributed by atoms with Crippen molar-refractivity contribution in [3.8, 4) is 11.6 Å². The first-order valence-corrected chi connectivity index (χ1v) is 7.17. The summed E-state index contributed by atoms with van der Waals surface area (Å²) in [5.41, 5.74) is 2.16. The van der Waals surface area contributed by atoms with E-state index < -0.39 is 0 Å². The highest BCUT2D eigenvalue weighted by Gasteiger charge is 2.10. The largest absolute Gasteiger partial charge is 0.496 e. The lowest BCUT2D eigenvalue weighted by atomic mass is 10.0. The number of thiazole rings is 1. The van der Waals surface area contributed by atoms with Gasteiger partial charge in [-0.15, -0.1) is 0 Å². The van der Waals surface area contributed by atoms with Gasteiger partial charge in [0.05, 0.1) is 12.0 Å². The van der Waals surface area contributed by atoms with Crippen molar-refractivity contribution in [2.45, 2.75) is 12.8 Å². The fourth-order valence-electron chi connectivity index (χ4n) is 2.05. The lowest BCUT2D eigenvalue weighted by Crippen LogP contribution is -2.11. The Morgan fingerprint density at radius 1 is 1.45 bits per heavy atom. The van der Waals surface area contributed by atoms with Crippen molar-refractivity contribution < 1.29 is 9.84 Å². The zero-order chi connectivity index (χ0) is 14.5. The van der Waals surface area contributed by atoms with E-state index in [-0.39, 0.29) is 10.8 Å². The van der Waals surface area contributed by atoms with Crippen LogP contribution in [-0.4, -0.2) is 30.8 Å². The van der Waals surface area contributed by atoms with E-state index >= 15 is 0 Å². The monoisotopic (exact) mass is 294 g/mol. The first-order valence-electron chi connectivity index (χ1n) is 6.35. The molecule has 2 aromatic rings. The molecular formula is C14H18N2O3S. The quantitative estimate of drug-likeness (QED) is 0.755. The fourth-order valence-corrected chi connectivity index (χ4v) is 2.81. The van der Waals surface area contributed by atoms with Crippen LogP contribution in [0.3, 0.4) is 0 Å². The summed E-state index contributed by atoms with van der Waals surface area (Å²) < 4.78 is 5.34. The van der Waals surface area contributed by atoms with Crippen molar-refractivity contribution >= 4 is 11.3 Å². The van der Waals surface area contributed by atoms with Gasteiger partial charge in [-0.2, -0.15) is 0 Å². The number of aromatic hydroxyl groups is 1. The van der Waals surface area contributed by atoms with Crippen LogP contribution in [0.1, 0.15) is 16.0 Å². The molecule has 0 bridgehead atoms. The molecule has 1 aromatic carbocycles. The summed E-state index contributed by atoms with van der Waals surface area (Å²) in [7, 11) is 3.56. The molecule has 3 N–H and O–H groups in total. The fraction of sp³-hybridized carbons (Fsp3) is 0.357. The number of hydrogen-bond donors (Lipinski definition) is 3. The molecule has 2 rings (SSSR count). The van der Waals surface area contributed by atoms with E-state index in [0.29, 0.717) is 11.3 Å². The number of hydrogen-bond acceptors (Lipinski definition) is 5. The van der Waals surface area contributed by atoms with E-state index in [0.717, 1.165) is 41.2 Å². The minimum absolute atomic E-state index is 0.0346. The molecule has 0 aliphatic rings. The number of methoxy groups -OCH3 is 1. The molecule has 0 amide bonds. The highest BCUT2D eigenvalue weighted by molar-refractivity contribution is 7.09. The second-order valence-electron chi connectivity index (χ2n) is 4.46. The molecule has 108 valence electrons. The van der Waals surface area contributed by atoms with Gasteiger partial charge in [-0.1, -0.05) is 23.5 Å². The molecule has 0 saturated heterocycles. The highest BCUT2D eigenvalue weighted by atomic mass is 32.1. The van der Waals surface area contributed by atoms with Crippen LogP contribution in [0.5, 0.6) is 11.6 Å². The van der Waals surface area contributed by atoms with Crippen molar-refractivity contribution in [3.63, 3.8) is 0 Å². The highest BCUT2D eigenvalue weighted by Crippen LogP contribution is 2.25. The zero-order valence-corrected chi connectivity index (χ0v) is 12.3. The molecule has 0 aliphatic carbocycles. The third-order valence-corrected chi connectivity index (χ3v) is 3.93. The maximum atomic E-state index is 11.2. The molecule has 6 heteroatoms. The van der Waals surface area contributed by atoms with E-state index in [1.807, 2.05) is 19.2 Å². The molecule has 0 aliphatic heterocycles. The molecule has 5 nitrogen and oxygen atoms in total. The van der Waals surface area contributed by atoms with Crippen LogP contribution in [0, 0.1) is 0 Å². The van der Waals surface area contributed by atoms with Crippen molar-refractivity contribution in [2.75, 3.05) is 20.7 Å². The Bertz CT molecular complexity index is 634. The van der Waals surface area contributed by atoms with Gasteiger partial charge in [0, 0.05) is 6.42 Å². The van der Waals surface area contributed by atoms with Gasteiger partial charge in [0.15, 0.2) is 0 Å². The lowest BCUT2D eigenvalue weighted by molar-refractivity contribution is 0.409. The Labute approximate surface area is 121 Å². The van der Waals surface area contributed by atoms with Crippen molar-refractivity contribution in [1.29, 1.82) is 0 Å². The summed E-state index contributed by atoms with van der Waals surface area (Å²) in [5, 5.41) is 12.7. The Morgan fingerprint density at radius 2 is 2.25 bits per heavy atom. The van der Waals surface area contributed by atoms with Crippen LogP contribution in [0.2, 0.25) is 0 Å². The SMILES string of the molecule is CNCCc1cc(Cc2sc(=O)[nH]c2O)ccc1OC. The molecule has 0 saturated carbocycles. The third kappa shape index (κ3) is 3.40. The second-order valence-corrected chi connectivity index (χ2v) is 5.53. The predicted molar refractivity (Wildman–Crippen MR) is 80.0 cm³/mol. The van der Waals surface area contributed by atoms with Gasteiger partial charge in [0.2, 0.25) is 5.88 Å². The molecule has 1 heterocycles. The average molecular weight is 294 g/mol. The van der Waals surface area contributed by atoms with Gasteiger partial charge in [-0.25, -0.2) is 0 Å². The summed E-state index contributed by atoms with van der Waals surface area (Å²) in [6.45, 7) is 0.864. The van der Waals surface area contributed by atoms with E-state index in [9.17, 15) is 9.90 Å². The van der Waals surface area contributed by atoms with E-state index in [2.05, 4.69) is 16.4 Å². The van der Waals surface area contributed by atoms with Crippen molar-refractivity contribution in [3.05, 3.63) is 43.9 Å². The number of nitrogens with one attached hydrogen (secondary N) is 2. The van der Waals surface area contributed by atoms with Gasteiger partial charge in [-0.05, 0) is 37.2 Å². The topological polar surface area (TPSA) is 74.4 Å². The van der Waals surface area contributed by atoms with Gasteiger partial charge >= 0.3 is 4.87 Å². The Kier molecular flexibility index (Phi) is 4.81.